The molecule has 0 aliphatic rings. The van der Waals surface area contributed by atoms with Gasteiger partial charge in [0, 0.05) is 13.0 Å². The average Bonchev–Trinajstić information content (AvgIpc) is 2.34. The molecule has 90 valence electrons. The van der Waals surface area contributed by atoms with E-state index < -0.39 is 0 Å². The summed E-state index contributed by atoms with van der Waals surface area (Å²) in [6.07, 6.45) is 0.590. The summed E-state index contributed by atoms with van der Waals surface area (Å²) in [5.41, 5.74) is 0.203. The molecular formula is C13H15NO3. The van der Waals surface area contributed by atoms with Crippen molar-refractivity contribution in [2.45, 2.75) is 13.3 Å². The first-order valence-corrected chi connectivity index (χ1v) is 5.24. The van der Waals surface area contributed by atoms with Gasteiger partial charge < -0.3 is 15.2 Å². The highest BCUT2D eigenvalue weighted by atomic mass is 16.5. The summed E-state index contributed by atoms with van der Waals surface area (Å²) < 4.78 is 4.93. The van der Waals surface area contributed by atoms with E-state index in [2.05, 4.69) is 17.2 Å². The number of carbonyl (C=O) groups is 1. The van der Waals surface area contributed by atoms with E-state index in [0.717, 1.165) is 0 Å². The van der Waals surface area contributed by atoms with Gasteiger partial charge in [0.05, 0.1) is 12.7 Å². The van der Waals surface area contributed by atoms with Gasteiger partial charge in [0.15, 0.2) is 11.5 Å². The normalized spacial score (nSPS) is 9.06. The smallest absolute Gasteiger partial charge is 0.255 e. The zero-order valence-corrected chi connectivity index (χ0v) is 9.91. The third kappa shape index (κ3) is 3.42. The van der Waals surface area contributed by atoms with Crippen molar-refractivity contribution >= 4 is 5.91 Å². The first kappa shape index (κ1) is 12.9. The SMILES string of the molecule is CC#CCCNC(=O)c1cccc(OC)c1O. The Morgan fingerprint density at radius 3 is 2.94 bits per heavy atom. The number of benzene rings is 1. The Hall–Kier alpha value is -2.15. The highest BCUT2D eigenvalue weighted by molar-refractivity contribution is 5.97. The Bertz CT molecular complexity index is 457. The molecule has 1 aromatic carbocycles. The number of rotatable bonds is 4. The molecular weight excluding hydrogens is 218 g/mol. The van der Waals surface area contributed by atoms with Crippen molar-refractivity contribution in [1.82, 2.24) is 5.32 Å². The third-order valence-electron chi connectivity index (χ3n) is 2.18. The number of para-hydroxylation sites is 1. The van der Waals surface area contributed by atoms with Crippen LogP contribution in [-0.2, 0) is 0 Å². The molecule has 1 amide bonds. The minimum Gasteiger partial charge on any atom is -0.504 e. The molecule has 0 saturated carbocycles. The Kier molecular flexibility index (Phi) is 4.89. The number of nitrogens with one attached hydrogen (secondary N) is 1. The van der Waals surface area contributed by atoms with Gasteiger partial charge in [-0.05, 0) is 19.1 Å². The average molecular weight is 233 g/mol. The number of phenols is 1. The molecule has 4 heteroatoms. The third-order valence-corrected chi connectivity index (χ3v) is 2.18. The second kappa shape index (κ2) is 6.44. The molecule has 17 heavy (non-hydrogen) atoms. The largest absolute Gasteiger partial charge is 0.504 e. The molecule has 0 aromatic heterocycles. The van der Waals surface area contributed by atoms with Crippen LogP contribution in [0.25, 0.3) is 0 Å². The van der Waals surface area contributed by atoms with Gasteiger partial charge in [-0.1, -0.05) is 6.07 Å². The Morgan fingerprint density at radius 1 is 1.53 bits per heavy atom. The fourth-order valence-corrected chi connectivity index (χ4v) is 1.33. The van der Waals surface area contributed by atoms with Crippen LogP contribution in [0, 0.1) is 11.8 Å². The number of hydrogen-bond acceptors (Lipinski definition) is 3. The van der Waals surface area contributed by atoms with Gasteiger partial charge in [-0.15, -0.1) is 11.8 Å². The topological polar surface area (TPSA) is 58.6 Å². The van der Waals surface area contributed by atoms with Crippen molar-refractivity contribution in [3.8, 4) is 23.3 Å². The minimum absolute atomic E-state index is 0.144. The summed E-state index contributed by atoms with van der Waals surface area (Å²) in [4.78, 5) is 11.7. The minimum atomic E-state index is -0.334. The Balaban J connectivity index is 2.71. The molecule has 0 heterocycles. The number of ether oxygens (including phenoxy) is 1. The van der Waals surface area contributed by atoms with Crippen molar-refractivity contribution in [2.75, 3.05) is 13.7 Å². The maximum absolute atomic E-state index is 11.7. The molecule has 1 aromatic rings. The second-order valence-electron chi connectivity index (χ2n) is 3.29. The van der Waals surface area contributed by atoms with Gasteiger partial charge in [0.25, 0.3) is 5.91 Å². The molecule has 4 nitrogen and oxygen atoms in total. The molecule has 2 N–H and O–H groups in total. The van der Waals surface area contributed by atoms with Gasteiger partial charge in [-0.25, -0.2) is 0 Å². The van der Waals surface area contributed by atoms with Gasteiger partial charge in [-0.2, -0.15) is 0 Å². The number of hydrogen-bond donors (Lipinski definition) is 2. The number of aromatic hydroxyl groups is 1. The van der Waals surface area contributed by atoms with Crippen molar-refractivity contribution < 1.29 is 14.6 Å². The number of phenolic OH excluding ortho intramolecular Hbond substituents is 1. The van der Waals surface area contributed by atoms with E-state index in [1.165, 1.54) is 7.11 Å². The van der Waals surface area contributed by atoms with Gasteiger partial charge >= 0.3 is 0 Å². The molecule has 0 unspecified atom stereocenters. The predicted molar refractivity (Wildman–Crippen MR) is 65.1 cm³/mol. The van der Waals surface area contributed by atoms with Gasteiger partial charge in [-0.3, -0.25) is 4.79 Å². The monoisotopic (exact) mass is 233 g/mol. The second-order valence-corrected chi connectivity index (χ2v) is 3.29. The summed E-state index contributed by atoms with van der Waals surface area (Å²) in [5.74, 6) is 5.39. The lowest BCUT2D eigenvalue weighted by atomic mass is 10.1. The molecule has 0 radical (unpaired) electrons. The van der Waals surface area contributed by atoms with E-state index >= 15 is 0 Å². The van der Waals surface area contributed by atoms with Crippen molar-refractivity contribution in [3.63, 3.8) is 0 Å². The standard InChI is InChI=1S/C13H15NO3/c1-3-4-5-9-14-13(16)10-7-6-8-11(17-2)12(10)15/h6-8,15H,5,9H2,1-2H3,(H,14,16). The summed E-state index contributed by atoms with van der Waals surface area (Å²) >= 11 is 0. The molecule has 0 fully saturated rings. The fraction of sp³-hybridized carbons (Fsp3) is 0.308. The quantitative estimate of drug-likeness (QED) is 0.612. The lowest BCUT2D eigenvalue weighted by Gasteiger charge is -2.08. The van der Waals surface area contributed by atoms with E-state index in [9.17, 15) is 9.90 Å². The maximum atomic E-state index is 11.7. The number of carbonyl (C=O) groups excluding carboxylic acids is 1. The lowest BCUT2D eigenvalue weighted by molar-refractivity contribution is 0.0951. The molecule has 1 rings (SSSR count). The summed E-state index contributed by atoms with van der Waals surface area (Å²) in [6, 6.07) is 4.78. The van der Waals surface area contributed by atoms with Crippen molar-refractivity contribution in [2.24, 2.45) is 0 Å². The maximum Gasteiger partial charge on any atom is 0.255 e. The van der Waals surface area contributed by atoms with Crippen LogP contribution < -0.4 is 10.1 Å². The van der Waals surface area contributed by atoms with E-state index in [4.69, 9.17) is 4.74 Å². The fourth-order valence-electron chi connectivity index (χ4n) is 1.33. The summed E-state index contributed by atoms with van der Waals surface area (Å²) in [5, 5.41) is 12.4. The summed E-state index contributed by atoms with van der Waals surface area (Å²) in [7, 11) is 1.44. The van der Waals surface area contributed by atoms with E-state index in [1.54, 1.807) is 25.1 Å². The van der Waals surface area contributed by atoms with Crippen LogP contribution in [0.15, 0.2) is 18.2 Å². The Morgan fingerprint density at radius 2 is 2.29 bits per heavy atom. The zero-order valence-electron chi connectivity index (χ0n) is 9.91. The van der Waals surface area contributed by atoms with Crippen LogP contribution in [0.2, 0.25) is 0 Å². The van der Waals surface area contributed by atoms with Crippen LogP contribution in [0.1, 0.15) is 23.7 Å². The number of methoxy groups -OCH3 is 1. The molecule has 0 aliphatic carbocycles. The van der Waals surface area contributed by atoms with E-state index in [0.29, 0.717) is 13.0 Å². The first-order valence-electron chi connectivity index (χ1n) is 5.24. The highest BCUT2D eigenvalue weighted by Crippen LogP contribution is 2.28. The van der Waals surface area contributed by atoms with Crippen molar-refractivity contribution in [3.05, 3.63) is 23.8 Å². The molecule has 0 bridgehead atoms. The van der Waals surface area contributed by atoms with Gasteiger partial charge in [0.1, 0.15) is 0 Å². The molecule has 0 saturated heterocycles. The van der Waals surface area contributed by atoms with E-state index in [1.807, 2.05) is 0 Å². The van der Waals surface area contributed by atoms with Gasteiger partial charge in [0.2, 0.25) is 0 Å². The first-order chi connectivity index (χ1) is 8.20. The van der Waals surface area contributed by atoms with E-state index in [-0.39, 0.29) is 23.0 Å². The van der Waals surface area contributed by atoms with Crippen LogP contribution in [0.3, 0.4) is 0 Å². The molecule has 0 spiro atoms. The van der Waals surface area contributed by atoms with Crippen LogP contribution in [0.5, 0.6) is 11.5 Å². The Labute approximate surface area is 101 Å². The van der Waals surface area contributed by atoms with Crippen LogP contribution in [-0.4, -0.2) is 24.7 Å². The molecule has 0 aliphatic heterocycles. The van der Waals surface area contributed by atoms with Crippen LogP contribution in [0.4, 0.5) is 0 Å². The lowest BCUT2D eigenvalue weighted by Crippen LogP contribution is -2.24. The van der Waals surface area contributed by atoms with Crippen LogP contribution >= 0.6 is 0 Å². The zero-order chi connectivity index (χ0) is 12.7. The molecule has 0 atom stereocenters. The predicted octanol–water partition coefficient (Wildman–Crippen LogP) is 1.54. The van der Waals surface area contributed by atoms with Crippen molar-refractivity contribution in [1.29, 1.82) is 0 Å². The summed E-state index contributed by atoms with van der Waals surface area (Å²) in [6.45, 7) is 2.20. The highest BCUT2D eigenvalue weighted by Gasteiger charge is 2.13. The number of amides is 1.